The lowest BCUT2D eigenvalue weighted by atomic mass is 10.2. The average Bonchev–Trinajstić information content (AvgIpc) is 2.65. The van der Waals surface area contributed by atoms with Crippen LogP contribution in [0.25, 0.3) is 11.3 Å². The molecule has 0 saturated heterocycles. The van der Waals surface area contributed by atoms with Gasteiger partial charge in [0.25, 0.3) is 0 Å². The molecule has 0 aliphatic rings. The fraction of sp³-hybridized carbons (Fsp3) is 0.211. The molecule has 1 atom stereocenters. The molecule has 0 fully saturated rings. The third-order valence-electron chi connectivity index (χ3n) is 3.76. The van der Waals surface area contributed by atoms with Gasteiger partial charge in [0.15, 0.2) is 0 Å². The molecule has 0 unspecified atom stereocenters. The van der Waals surface area contributed by atoms with Crippen LogP contribution in [-0.2, 0) is 0 Å². The summed E-state index contributed by atoms with van der Waals surface area (Å²) in [6.07, 6.45) is 3.41. The molecule has 2 aromatic heterocycles. The molecule has 0 aliphatic carbocycles. The number of nitrogens with zero attached hydrogens (tertiary/aromatic N) is 3. The smallest absolute Gasteiger partial charge is 0.225 e. The minimum absolute atomic E-state index is 0.0413. The van der Waals surface area contributed by atoms with Gasteiger partial charge in [-0.1, -0.05) is 0 Å². The van der Waals surface area contributed by atoms with Crippen molar-refractivity contribution in [2.45, 2.75) is 19.9 Å². The summed E-state index contributed by atoms with van der Waals surface area (Å²) in [5, 5.41) is 15.5. The van der Waals surface area contributed by atoms with Crippen molar-refractivity contribution in [2.75, 3.05) is 17.2 Å². The monoisotopic (exact) mass is 353 g/mol. The van der Waals surface area contributed by atoms with E-state index in [2.05, 4.69) is 25.6 Å². The molecule has 26 heavy (non-hydrogen) atoms. The first-order valence-corrected chi connectivity index (χ1v) is 8.25. The number of aliphatic hydroxyl groups excluding tert-OH is 1. The predicted molar refractivity (Wildman–Crippen MR) is 99.9 cm³/mol. The predicted octanol–water partition coefficient (Wildman–Crippen LogP) is 3.52. The van der Waals surface area contributed by atoms with Crippen molar-refractivity contribution in [3.8, 4) is 11.3 Å². The first-order valence-electron chi connectivity index (χ1n) is 8.25. The molecular formula is C19H20FN5O. The van der Waals surface area contributed by atoms with Crippen LogP contribution in [0.5, 0.6) is 0 Å². The summed E-state index contributed by atoms with van der Waals surface area (Å²) in [5.74, 6) is 0.681. The van der Waals surface area contributed by atoms with Crippen LogP contribution < -0.4 is 10.6 Å². The van der Waals surface area contributed by atoms with Crippen LogP contribution in [0.1, 0.15) is 12.5 Å². The van der Waals surface area contributed by atoms with Gasteiger partial charge in [-0.2, -0.15) is 4.98 Å². The number of aliphatic hydroxyl groups is 1. The second kappa shape index (κ2) is 7.88. The van der Waals surface area contributed by atoms with E-state index in [9.17, 15) is 9.50 Å². The number of benzene rings is 1. The second-order valence-electron chi connectivity index (χ2n) is 6.02. The Balaban J connectivity index is 1.97. The van der Waals surface area contributed by atoms with E-state index in [1.807, 2.05) is 19.1 Å². The Labute approximate surface area is 151 Å². The van der Waals surface area contributed by atoms with Crippen LogP contribution in [0.4, 0.5) is 21.8 Å². The van der Waals surface area contributed by atoms with Crippen LogP contribution in [0.2, 0.25) is 0 Å². The van der Waals surface area contributed by atoms with Crippen molar-refractivity contribution in [1.29, 1.82) is 0 Å². The lowest BCUT2D eigenvalue weighted by molar-refractivity contribution is 0.281. The maximum absolute atomic E-state index is 13.5. The Bertz CT molecular complexity index is 888. The van der Waals surface area contributed by atoms with Crippen molar-refractivity contribution in [2.24, 2.45) is 0 Å². The van der Waals surface area contributed by atoms with E-state index in [-0.39, 0.29) is 18.5 Å². The molecule has 0 radical (unpaired) electrons. The summed E-state index contributed by atoms with van der Waals surface area (Å²) >= 11 is 0. The Kier molecular flexibility index (Phi) is 5.38. The molecule has 6 nitrogen and oxygen atoms in total. The first kappa shape index (κ1) is 17.8. The summed E-state index contributed by atoms with van der Waals surface area (Å²) in [5.41, 5.74) is 2.79. The Morgan fingerprint density at radius 3 is 2.73 bits per heavy atom. The lowest BCUT2D eigenvalue weighted by Gasteiger charge is -2.14. The molecule has 0 bridgehead atoms. The number of anilines is 3. The van der Waals surface area contributed by atoms with Gasteiger partial charge in [0.05, 0.1) is 12.3 Å². The van der Waals surface area contributed by atoms with Crippen LogP contribution in [0, 0.1) is 12.7 Å². The maximum atomic E-state index is 13.5. The van der Waals surface area contributed by atoms with Gasteiger partial charge in [-0.05, 0) is 49.7 Å². The van der Waals surface area contributed by atoms with E-state index < -0.39 is 0 Å². The highest BCUT2D eigenvalue weighted by molar-refractivity contribution is 5.67. The molecule has 0 saturated carbocycles. The van der Waals surface area contributed by atoms with Crippen molar-refractivity contribution in [1.82, 2.24) is 15.0 Å². The minimum atomic E-state index is -0.256. The standard InChI is InChI=1S/C19H20FN5O/c1-12-8-15(5-6-16(12)20)23-18-9-17(14-4-3-7-21-10-14)24-19(25-18)22-13(2)11-26/h3-10,13,26H,11H2,1-2H3,(H2,22,23,24,25)/t13-/m1/s1. The fourth-order valence-corrected chi connectivity index (χ4v) is 2.37. The molecule has 3 aromatic rings. The number of pyridine rings is 1. The lowest BCUT2D eigenvalue weighted by Crippen LogP contribution is -2.21. The third-order valence-corrected chi connectivity index (χ3v) is 3.76. The van der Waals surface area contributed by atoms with Crippen molar-refractivity contribution in [3.05, 3.63) is 60.2 Å². The first-order chi connectivity index (χ1) is 12.5. The van der Waals surface area contributed by atoms with Gasteiger partial charge in [-0.3, -0.25) is 4.98 Å². The maximum Gasteiger partial charge on any atom is 0.225 e. The van der Waals surface area contributed by atoms with Gasteiger partial charge in [-0.15, -0.1) is 0 Å². The molecule has 2 heterocycles. The fourth-order valence-electron chi connectivity index (χ4n) is 2.37. The Hall–Kier alpha value is -3.06. The zero-order valence-corrected chi connectivity index (χ0v) is 14.6. The topological polar surface area (TPSA) is 83.0 Å². The summed E-state index contributed by atoms with van der Waals surface area (Å²) in [4.78, 5) is 13.0. The normalized spacial score (nSPS) is 11.8. The number of aromatic nitrogens is 3. The highest BCUT2D eigenvalue weighted by atomic mass is 19.1. The van der Waals surface area contributed by atoms with Gasteiger partial charge < -0.3 is 15.7 Å². The van der Waals surface area contributed by atoms with Crippen molar-refractivity contribution < 1.29 is 9.50 Å². The Morgan fingerprint density at radius 2 is 2.04 bits per heavy atom. The summed E-state index contributed by atoms with van der Waals surface area (Å²) in [6.45, 7) is 3.49. The summed E-state index contributed by atoms with van der Waals surface area (Å²) in [6, 6.07) is 10.1. The van der Waals surface area contributed by atoms with Crippen LogP contribution >= 0.6 is 0 Å². The van der Waals surface area contributed by atoms with Gasteiger partial charge in [-0.25, -0.2) is 9.37 Å². The van der Waals surface area contributed by atoms with E-state index in [1.54, 1.807) is 37.5 Å². The molecule has 3 rings (SSSR count). The van der Waals surface area contributed by atoms with E-state index in [4.69, 9.17) is 0 Å². The molecular weight excluding hydrogens is 333 g/mol. The number of hydrogen-bond acceptors (Lipinski definition) is 6. The summed E-state index contributed by atoms with van der Waals surface area (Å²) in [7, 11) is 0. The van der Waals surface area contributed by atoms with Crippen molar-refractivity contribution >= 4 is 17.5 Å². The van der Waals surface area contributed by atoms with Gasteiger partial charge in [0, 0.05) is 35.8 Å². The number of hydrogen-bond donors (Lipinski definition) is 3. The minimum Gasteiger partial charge on any atom is -0.394 e. The SMILES string of the molecule is Cc1cc(Nc2cc(-c3cccnc3)nc(N[C@H](C)CO)n2)ccc1F. The zero-order chi connectivity index (χ0) is 18.5. The van der Waals surface area contributed by atoms with Gasteiger partial charge >= 0.3 is 0 Å². The van der Waals surface area contributed by atoms with Crippen LogP contribution in [-0.4, -0.2) is 32.7 Å². The van der Waals surface area contributed by atoms with Crippen molar-refractivity contribution in [3.63, 3.8) is 0 Å². The van der Waals surface area contributed by atoms with E-state index in [0.29, 0.717) is 23.0 Å². The largest absolute Gasteiger partial charge is 0.394 e. The quantitative estimate of drug-likeness (QED) is 0.629. The second-order valence-corrected chi connectivity index (χ2v) is 6.02. The Morgan fingerprint density at radius 1 is 1.19 bits per heavy atom. The highest BCUT2D eigenvalue weighted by Crippen LogP contribution is 2.24. The van der Waals surface area contributed by atoms with E-state index in [0.717, 1.165) is 11.3 Å². The van der Waals surface area contributed by atoms with Gasteiger partial charge in [0.2, 0.25) is 5.95 Å². The van der Waals surface area contributed by atoms with E-state index in [1.165, 1.54) is 6.07 Å². The van der Waals surface area contributed by atoms with E-state index >= 15 is 0 Å². The van der Waals surface area contributed by atoms with Crippen LogP contribution in [0.15, 0.2) is 48.8 Å². The number of halogens is 1. The number of rotatable bonds is 6. The molecule has 7 heteroatoms. The molecule has 1 aromatic carbocycles. The van der Waals surface area contributed by atoms with Crippen LogP contribution in [0.3, 0.4) is 0 Å². The molecule has 3 N–H and O–H groups in total. The molecule has 134 valence electrons. The molecule has 0 aliphatic heterocycles. The molecule has 0 amide bonds. The highest BCUT2D eigenvalue weighted by Gasteiger charge is 2.10. The zero-order valence-electron chi connectivity index (χ0n) is 14.6. The number of nitrogens with one attached hydrogen (secondary N) is 2. The molecule has 0 spiro atoms. The summed E-state index contributed by atoms with van der Waals surface area (Å²) < 4.78 is 13.5. The number of aryl methyl sites for hydroxylation is 1. The third kappa shape index (κ3) is 4.31. The van der Waals surface area contributed by atoms with Gasteiger partial charge in [0.1, 0.15) is 11.6 Å². The average molecular weight is 353 g/mol.